The van der Waals surface area contributed by atoms with Crippen molar-refractivity contribution in [2.45, 2.75) is 6.10 Å². The Bertz CT molecular complexity index is 340. The van der Waals surface area contributed by atoms with E-state index in [1.807, 2.05) is 0 Å². The fourth-order valence-corrected chi connectivity index (χ4v) is 1.69. The number of halogens is 2. The van der Waals surface area contributed by atoms with E-state index in [1.54, 1.807) is 13.2 Å². The third-order valence-electron chi connectivity index (χ3n) is 2.43. The smallest absolute Gasteiger partial charge is 0.143 e. The first-order valence-corrected chi connectivity index (χ1v) is 5.08. The molecule has 1 atom stereocenters. The number of rotatable bonds is 1. The highest BCUT2D eigenvalue weighted by atomic mass is 35.5. The Morgan fingerprint density at radius 1 is 1.33 bits per heavy atom. The molecular formula is C10H12ClFN2O. The molecule has 1 aliphatic rings. The van der Waals surface area contributed by atoms with Gasteiger partial charge in [-0.05, 0) is 6.07 Å². The molecule has 0 aromatic heterocycles. The number of hydrogen-bond donors (Lipinski definition) is 2. The van der Waals surface area contributed by atoms with Crippen molar-refractivity contribution >= 4 is 23.0 Å². The fraction of sp³-hybridized carbons (Fsp3) is 0.400. The number of ether oxygens (including phenoxy) is 1. The Labute approximate surface area is 92.6 Å². The van der Waals surface area contributed by atoms with E-state index in [0.29, 0.717) is 13.1 Å². The number of hydrogen-bond acceptors (Lipinski definition) is 3. The van der Waals surface area contributed by atoms with Crippen molar-refractivity contribution in [3.8, 4) is 0 Å². The number of anilines is 2. The van der Waals surface area contributed by atoms with Crippen molar-refractivity contribution in [1.29, 1.82) is 0 Å². The van der Waals surface area contributed by atoms with Crippen molar-refractivity contribution < 1.29 is 9.13 Å². The molecular weight excluding hydrogens is 219 g/mol. The second-order valence-electron chi connectivity index (χ2n) is 3.43. The van der Waals surface area contributed by atoms with Gasteiger partial charge in [0, 0.05) is 26.3 Å². The predicted molar refractivity (Wildman–Crippen MR) is 59.2 cm³/mol. The van der Waals surface area contributed by atoms with Gasteiger partial charge in [0.1, 0.15) is 5.82 Å². The van der Waals surface area contributed by atoms with Crippen LogP contribution in [0.1, 0.15) is 0 Å². The number of methoxy groups -OCH3 is 1. The molecule has 0 aliphatic carbocycles. The normalized spacial score (nSPS) is 19.8. The summed E-state index contributed by atoms with van der Waals surface area (Å²) < 4.78 is 18.4. The lowest BCUT2D eigenvalue weighted by molar-refractivity contribution is 0.124. The lowest BCUT2D eigenvalue weighted by atomic mass is 10.2. The van der Waals surface area contributed by atoms with E-state index in [2.05, 4.69) is 10.6 Å². The highest BCUT2D eigenvalue weighted by Crippen LogP contribution is 2.29. The maximum Gasteiger partial charge on any atom is 0.143 e. The summed E-state index contributed by atoms with van der Waals surface area (Å²) in [5, 5.41) is 6.39. The van der Waals surface area contributed by atoms with Gasteiger partial charge >= 0.3 is 0 Å². The van der Waals surface area contributed by atoms with Crippen LogP contribution in [-0.2, 0) is 4.74 Å². The van der Waals surface area contributed by atoms with E-state index in [1.165, 1.54) is 6.07 Å². The average Bonchev–Trinajstić information content (AvgIpc) is 2.42. The summed E-state index contributed by atoms with van der Waals surface area (Å²) in [5.41, 5.74) is 1.53. The quantitative estimate of drug-likeness (QED) is 0.777. The molecule has 15 heavy (non-hydrogen) atoms. The van der Waals surface area contributed by atoms with Crippen molar-refractivity contribution in [2.75, 3.05) is 30.8 Å². The van der Waals surface area contributed by atoms with Crippen LogP contribution in [0.25, 0.3) is 0 Å². The van der Waals surface area contributed by atoms with Gasteiger partial charge in [0.2, 0.25) is 0 Å². The van der Waals surface area contributed by atoms with Crippen LogP contribution in [0, 0.1) is 5.82 Å². The van der Waals surface area contributed by atoms with Gasteiger partial charge in [0.25, 0.3) is 0 Å². The Kier molecular flexibility index (Phi) is 2.98. The first-order chi connectivity index (χ1) is 7.20. The van der Waals surface area contributed by atoms with Crippen LogP contribution in [0.5, 0.6) is 0 Å². The minimum absolute atomic E-state index is 0.0687. The number of benzene rings is 1. The van der Waals surface area contributed by atoms with Crippen molar-refractivity contribution in [3.05, 3.63) is 23.0 Å². The third kappa shape index (κ3) is 2.16. The second kappa shape index (κ2) is 4.24. The van der Waals surface area contributed by atoms with E-state index < -0.39 is 5.82 Å². The molecule has 1 aromatic rings. The molecule has 5 heteroatoms. The summed E-state index contributed by atoms with van der Waals surface area (Å²) in [7, 11) is 1.65. The lowest BCUT2D eigenvalue weighted by Crippen LogP contribution is -2.26. The van der Waals surface area contributed by atoms with Gasteiger partial charge in [-0.3, -0.25) is 0 Å². The maximum atomic E-state index is 13.2. The zero-order valence-electron chi connectivity index (χ0n) is 8.31. The highest BCUT2D eigenvalue weighted by Gasteiger charge is 2.16. The molecule has 2 rings (SSSR count). The van der Waals surface area contributed by atoms with Crippen molar-refractivity contribution in [3.63, 3.8) is 0 Å². The zero-order chi connectivity index (χ0) is 10.8. The summed E-state index contributed by atoms with van der Waals surface area (Å²) in [6.45, 7) is 1.33. The summed E-state index contributed by atoms with van der Waals surface area (Å²) in [4.78, 5) is 0. The summed E-state index contributed by atoms with van der Waals surface area (Å²) in [6.07, 6.45) is 0.0687. The van der Waals surface area contributed by atoms with E-state index >= 15 is 0 Å². The molecule has 0 fully saturated rings. The molecule has 1 heterocycles. The van der Waals surface area contributed by atoms with Crippen molar-refractivity contribution in [1.82, 2.24) is 0 Å². The monoisotopic (exact) mass is 230 g/mol. The molecule has 0 bridgehead atoms. The Morgan fingerprint density at radius 2 is 1.93 bits per heavy atom. The van der Waals surface area contributed by atoms with Gasteiger partial charge in [-0.25, -0.2) is 4.39 Å². The van der Waals surface area contributed by atoms with Gasteiger partial charge in [-0.2, -0.15) is 0 Å². The van der Waals surface area contributed by atoms with Gasteiger partial charge in [-0.1, -0.05) is 11.6 Å². The van der Waals surface area contributed by atoms with Crippen LogP contribution in [0.4, 0.5) is 15.8 Å². The second-order valence-corrected chi connectivity index (χ2v) is 3.84. The largest absolute Gasteiger partial charge is 0.381 e. The highest BCUT2D eigenvalue weighted by molar-refractivity contribution is 6.31. The van der Waals surface area contributed by atoms with Crippen LogP contribution in [0.15, 0.2) is 12.1 Å². The minimum Gasteiger partial charge on any atom is -0.381 e. The van der Waals surface area contributed by atoms with Crippen molar-refractivity contribution in [2.24, 2.45) is 0 Å². The SMILES string of the molecule is COC1CNc2cc(F)c(Cl)cc2NC1. The molecule has 82 valence electrons. The Balaban J connectivity index is 2.27. The number of fused-ring (bicyclic) bond motifs is 1. The van der Waals surface area contributed by atoms with Gasteiger partial charge in [0.15, 0.2) is 0 Å². The zero-order valence-corrected chi connectivity index (χ0v) is 9.07. The van der Waals surface area contributed by atoms with E-state index in [0.717, 1.165) is 11.4 Å². The Hall–Kier alpha value is -1.00. The average molecular weight is 231 g/mol. The predicted octanol–water partition coefficient (Wildman–Crippen LogP) is 2.33. The van der Waals surface area contributed by atoms with Crippen LogP contribution >= 0.6 is 11.6 Å². The van der Waals surface area contributed by atoms with Gasteiger partial charge in [0.05, 0.1) is 22.5 Å². The van der Waals surface area contributed by atoms with Crippen LogP contribution in [0.2, 0.25) is 5.02 Å². The summed E-state index contributed by atoms with van der Waals surface area (Å²) in [6, 6.07) is 2.97. The topological polar surface area (TPSA) is 33.3 Å². The molecule has 0 saturated heterocycles. The lowest BCUT2D eigenvalue weighted by Gasteiger charge is -2.11. The van der Waals surface area contributed by atoms with Crippen LogP contribution in [0.3, 0.4) is 0 Å². The van der Waals surface area contributed by atoms with E-state index in [9.17, 15) is 4.39 Å². The van der Waals surface area contributed by atoms with Crippen LogP contribution in [-0.4, -0.2) is 26.3 Å². The molecule has 1 aromatic carbocycles. The molecule has 2 N–H and O–H groups in total. The molecule has 0 spiro atoms. The number of nitrogens with one attached hydrogen (secondary N) is 2. The van der Waals surface area contributed by atoms with Gasteiger partial charge < -0.3 is 15.4 Å². The van der Waals surface area contributed by atoms with E-state index in [4.69, 9.17) is 16.3 Å². The molecule has 0 amide bonds. The summed E-state index contributed by atoms with van der Waals surface area (Å²) >= 11 is 5.70. The maximum absolute atomic E-state index is 13.2. The third-order valence-corrected chi connectivity index (χ3v) is 2.72. The molecule has 3 nitrogen and oxygen atoms in total. The summed E-state index contributed by atoms with van der Waals surface area (Å²) in [5.74, 6) is -0.416. The Morgan fingerprint density at radius 3 is 2.53 bits per heavy atom. The molecule has 0 radical (unpaired) electrons. The standard InChI is InChI=1S/C10H12ClFN2O/c1-15-6-4-13-9-2-7(11)8(12)3-10(9)14-5-6/h2-3,6,13-14H,4-5H2,1H3. The molecule has 0 saturated carbocycles. The first kappa shape index (κ1) is 10.5. The molecule has 1 aliphatic heterocycles. The van der Waals surface area contributed by atoms with Gasteiger partial charge in [-0.15, -0.1) is 0 Å². The first-order valence-electron chi connectivity index (χ1n) is 4.70. The fourth-order valence-electron chi connectivity index (χ4n) is 1.53. The molecule has 1 unspecified atom stereocenters. The minimum atomic E-state index is -0.416. The van der Waals surface area contributed by atoms with E-state index in [-0.39, 0.29) is 11.1 Å². The van der Waals surface area contributed by atoms with Crippen LogP contribution < -0.4 is 10.6 Å².